The van der Waals surface area contributed by atoms with Crippen molar-refractivity contribution >= 4 is 5.52 Å². The Morgan fingerprint density at radius 3 is 3.25 bits per heavy atom. The number of nitrogens with zero attached hydrogens (tertiary/aromatic N) is 2. The van der Waals surface area contributed by atoms with Gasteiger partial charge in [-0.25, -0.2) is 4.98 Å². The third-order valence-electron chi connectivity index (χ3n) is 1.79. The molecule has 3 nitrogen and oxygen atoms in total. The van der Waals surface area contributed by atoms with Gasteiger partial charge < -0.3 is 9.14 Å². The minimum Gasteiger partial charge on any atom is -0.377 e. The van der Waals surface area contributed by atoms with Gasteiger partial charge in [-0.3, -0.25) is 0 Å². The molecule has 0 amide bonds. The molecule has 0 radical (unpaired) electrons. The van der Waals surface area contributed by atoms with E-state index in [4.69, 9.17) is 4.74 Å². The molecular formula is C9H10N2O. The first-order valence-electron chi connectivity index (χ1n) is 3.82. The number of aromatic nitrogens is 2. The number of methoxy groups -OCH3 is 1. The first-order valence-corrected chi connectivity index (χ1v) is 3.82. The highest BCUT2D eigenvalue weighted by molar-refractivity contribution is 5.45. The first-order chi connectivity index (χ1) is 5.92. The molecule has 2 aromatic heterocycles. The second-order valence-electron chi connectivity index (χ2n) is 2.60. The van der Waals surface area contributed by atoms with E-state index in [9.17, 15) is 0 Å². The van der Waals surface area contributed by atoms with Crippen molar-refractivity contribution in [3.05, 3.63) is 36.4 Å². The number of imidazole rings is 1. The van der Waals surface area contributed by atoms with Crippen molar-refractivity contribution in [1.29, 1.82) is 0 Å². The fourth-order valence-corrected chi connectivity index (χ4v) is 1.24. The number of pyridine rings is 1. The number of rotatable bonds is 2. The summed E-state index contributed by atoms with van der Waals surface area (Å²) in [6.45, 7) is 0.554. The molecule has 0 saturated heterocycles. The maximum absolute atomic E-state index is 5.01. The van der Waals surface area contributed by atoms with E-state index >= 15 is 0 Å². The topological polar surface area (TPSA) is 26.5 Å². The molecule has 12 heavy (non-hydrogen) atoms. The lowest BCUT2D eigenvalue weighted by Crippen LogP contribution is -1.95. The van der Waals surface area contributed by atoms with Crippen molar-refractivity contribution in [1.82, 2.24) is 9.38 Å². The molecular weight excluding hydrogens is 152 g/mol. The summed E-state index contributed by atoms with van der Waals surface area (Å²) in [5.74, 6) is 0.938. The molecule has 0 unspecified atom stereocenters. The molecule has 0 saturated carbocycles. The second-order valence-corrected chi connectivity index (χ2v) is 2.60. The van der Waals surface area contributed by atoms with E-state index in [-0.39, 0.29) is 0 Å². The molecule has 3 heteroatoms. The zero-order valence-electron chi connectivity index (χ0n) is 6.90. The van der Waals surface area contributed by atoms with E-state index in [1.807, 2.05) is 35.0 Å². The Labute approximate surface area is 70.6 Å². The highest BCUT2D eigenvalue weighted by Gasteiger charge is 1.99. The molecule has 2 rings (SSSR count). The number of fused-ring (bicyclic) bond motifs is 1. The summed E-state index contributed by atoms with van der Waals surface area (Å²) >= 11 is 0. The van der Waals surface area contributed by atoms with Gasteiger partial charge in [-0.1, -0.05) is 6.07 Å². The number of hydrogen-bond acceptors (Lipinski definition) is 2. The van der Waals surface area contributed by atoms with Crippen LogP contribution in [0.5, 0.6) is 0 Å². The first kappa shape index (κ1) is 7.31. The van der Waals surface area contributed by atoms with Crippen molar-refractivity contribution in [2.45, 2.75) is 6.61 Å². The maximum Gasteiger partial charge on any atom is 0.139 e. The van der Waals surface area contributed by atoms with Gasteiger partial charge in [0.05, 0.1) is 11.7 Å². The lowest BCUT2D eigenvalue weighted by atomic mass is 10.4. The molecule has 0 atom stereocenters. The standard InChI is InChI=1S/C9H10N2O/c1-12-7-9-10-6-8-4-2-3-5-11(8)9/h2-6H,7H2,1H3. The summed E-state index contributed by atoms with van der Waals surface area (Å²) in [4.78, 5) is 4.22. The summed E-state index contributed by atoms with van der Waals surface area (Å²) in [6, 6.07) is 5.99. The Morgan fingerprint density at radius 2 is 2.42 bits per heavy atom. The zero-order valence-corrected chi connectivity index (χ0v) is 6.90. The average Bonchev–Trinajstić information content (AvgIpc) is 2.50. The van der Waals surface area contributed by atoms with E-state index < -0.39 is 0 Å². The zero-order chi connectivity index (χ0) is 8.39. The van der Waals surface area contributed by atoms with Gasteiger partial charge in [0.2, 0.25) is 0 Å². The van der Waals surface area contributed by atoms with Crippen LogP contribution in [0.2, 0.25) is 0 Å². The van der Waals surface area contributed by atoms with Gasteiger partial charge in [0.25, 0.3) is 0 Å². The Balaban J connectivity index is 2.55. The van der Waals surface area contributed by atoms with Gasteiger partial charge >= 0.3 is 0 Å². The Kier molecular flexibility index (Phi) is 1.80. The van der Waals surface area contributed by atoms with Crippen LogP contribution >= 0.6 is 0 Å². The van der Waals surface area contributed by atoms with Crippen molar-refractivity contribution in [3.8, 4) is 0 Å². The molecule has 0 bridgehead atoms. The molecule has 0 aliphatic heterocycles. The van der Waals surface area contributed by atoms with Crippen molar-refractivity contribution < 1.29 is 4.74 Å². The van der Waals surface area contributed by atoms with Crippen LogP contribution < -0.4 is 0 Å². The monoisotopic (exact) mass is 162 g/mol. The summed E-state index contributed by atoms with van der Waals surface area (Å²) in [5, 5.41) is 0. The second kappa shape index (κ2) is 2.95. The van der Waals surface area contributed by atoms with E-state index in [0.29, 0.717) is 6.61 Å². The van der Waals surface area contributed by atoms with E-state index in [2.05, 4.69) is 4.98 Å². The minimum atomic E-state index is 0.554. The van der Waals surface area contributed by atoms with Gasteiger partial charge in [0.15, 0.2) is 0 Å². The highest BCUT2D eigenvalue weighted by Crippen LogP contribution is 2.06. The smallest absolute Gasteiger partial charge is 0.139 e. The van der Waals surface area contributed by atoms with Crippen molar-refractivity contribution in [2.24, 2.45) is 0 Å². The SMILES string of the molecule is COCc1ncc2ccccn12. The maximum atomic E-state index is 5.01. The minimum absolute atomic E-state index is 0.554. The molecule has 62 valence electrons. The van der Waals surface area contributed by atoms with Crippen molar-refractivity contribution in [2.75, 3.05) is 7.11 Å². The Bertz CT molecular complexity index is 381. The van der Waals surface area contributed by atoms with Crippen LogP contribution in [0, 0.1) is 0 Å². The molecule has 0 spiro atoms. The normalized spacial score (nSPS) is 10.8. The third kappa shape index (κ3) is 1.08. The fraction of sp³-hybridized carbons (Fsp3) is 0.222. The third-order valence-corrected chi connectivity index (χ3v) is 1.79. The molecule has 0 aromatic carbocycles. The molecule has 2 aromatic rings. The van der Waals surface area contributed by atoms with Gasteiger partial charge in [0, 0.05) is 13.3 Å². The number of hydrogen-bond donors (Lipinski definition) is 0. The molecule has 0 aliphatic carbocycles. The van der Waals surface area contributed by atoms with Crippen LogP contribution in [0.25, 0.3) is 5.52 Å². The molecule has 0 N–H and O–H groups in total. The van der Waals surface area contributed by atoms with Gasteiger partial charge in [-0.2, -0.15) is 0 Å². The van der Waals surface area contributed by atoms with Gasteiger partial charge in [-0.15, -0.1) is 0 Å². The highest BCUT2D eigenvalue weighted by atomic mass is 16.5. The largest absolute Gasteiger partial charge is 0.377 e. The molecule has 0 aliphatic rings. The van der Waals surface area contributed by atoms with Crippen LogP contribution in [-0.2, 0) is 11.3 Å². The summed E-state index contributed by atoms with van der Waals surface area (Å²) in [7, 11) is 1.67. The summed E-state index contributed by atoms with van der Waals surface area (Å²) in [5.41, 5.74) is 1.10. The fourth-order valence-electron chi connectivity index (χ4n) is 1.24. The number of ether oxygens (including phenoxy) is 1. The predicted octanol–water partition coefficient (Wildman–Crippen LogP) is 1.48. The van der Waals surface area contributed by atoms with Crippen LogP contribution in [0.1, 0.15) is 5.82 Å². The van der Waals surface area contributed by atoms with Gasteiger partial charge in [-0.05, 0) is 12.1 Å². The van der Waals surface area contributed by atoms with E-state index in [1.54, 1.807) is 7.11 Å². The Morgan fingerprint density at radius 1 is 1.50 bits per heavy atom. The summed E-state index contributed by atoms with van der Waals surface area (Å²) in [6.07, 6.45) is 3.82. The van der Waals surface area contributed by atoms with E-state index in [1.165, 1.54) is 0 Å². The van der Waals surface area contributed by atoms with Gasteiger partial charge in [0.1, 0.15) is 12.4 Å². The predicted molar refractivity (Wildman–Crippen MR) is 45.9 cm³/mol. The lowest BCUT2D eigenvalue weighted by molar-refractivity contribution is 0.177. The summed E-state index contributed by atoms with van der Waals surface area (Å²) < 4.78 is 7.03. The van der Waals surface area contributed by atoms with Crippen LogP contribution in [0.4, 0.5) is 0 Å². The Hall–Kier alpha value is -1.35. The van der Waals surface area contributed by atoms with E-state index in [0.717, 1.165) is 11.3 Å². The lowest BCUT2D eigenvalue weighted by Gasteiger charge is -1.97. The van der Waals surface area contributed by atoms with Crippen LogP contribution in [-0.4, -0.2) is 16.5 Å². The van der Waals surface area contributed by atoms with Crippen molar-refractivity contribution in [3.63, 3.8) is 0 Å². The average molecular weight is 162 g/mol. The quantitative estimate of drug-likeness (QED) is 0.668. The molecule has 0 fully saturated rings. The van der Waals surface area contributed by atoms with Crippen LogP contribution in [0.15, 0.2) is 30.6 Å². The van der Waals surface area contributed by atoms with Crippen LogP contribution in [0.3, 0.4) is 0 Å². The molecule has 2 heterocycles.